The van der Waals surface area contributed by atoms with Crippen molar-refractivity contribution in [2.45, 2.75) is 91.5 Å². The molecular formula is C46H49Cl2N7O3. The highest BCUT2D eigenvalue weighted by Crippen LogP contribution is 2.46. The van der Waals surface area contributed by atoms with E-state index in [1.807, 2.05) is 68.7 Å². The lowest BCUT2D eigenvalue weighted by Gasteiger charge is -2.34. The Morgan fingerprint density at radius 2 is 1.67 bits per heavy atom. The third kappa shape index (κ3) is 6.40. The molecule has 0 N–H and O–H groups in total. The first-order valence-electron chi connectivity index (χ1n) is 20.4. The second-order valence-corrected chi connectivity index (χ2v) is 17.2. The van der Waals surface area contributed by atoms with Crippen molar-refractivity contribution in [1.29, 1.82) is 0 Å². The van der Waals surface area contributed by atoms with Gasteiger partial charge in [-0.25, -0.2) is 0 Å². The van der Waals surface area contributed by atoms with Crippen molar-refractivity contribution in [3.8, 4) is 28.3 Å². The highest BCUT2D eigenvalue weighted by Gasteiger charge is 2.38. The van der Waals surface area contributed by atoms with Crippen LogP contribution in [0.1, 0.15) is 102 Å². The summed E-state index contributed by atoms with van der Waals surface area (Å²) in [5, 5.41) is 17.1. The Morgan fingerprint density at radius 3 is 2.40 bits per heavy atom. The van der Waals surface area contributed by atoms with Crippen LogP contribution in [-0.2, 0) is 20.5 Å². The maximum absolute atomic E-state index is 15.3. The standard InChI is InChI=1S/C46H49Cl2N7O3/c1-25-20-32(21-26(2)41(25)48)57-19-11-14-33-34-16-17-36(47)40(39-28(4)51-53(7)29(39)5)42(34)55-27(3)23-54(46(56)43(33)55)38-24-52(6)37-18-15-31(22-35(37)38)45-50-49-44(58-45)30-12-9-8-10-13-30/h15-18,20-22,24,27,30H,8-14,19,23H2,1-7H3/t27-/m1/s1. The molecule has 0 bridgehead atoms. The topological polar surface area (TPSA) is 96.1 Å². The lowest BCUT2D eigenvalue weighted by Crippen LogP contribution is -2.42. The number of hydrogen-bond donors (Lipinski definition) is 0. The van der Waals surface area contributed by atoms with E-state index in [1.165, 1.54) is 19.3 Å². The van der Waals surface area contributed by atoms with Crippen LogP contribution in [0, 0.1) is 27.7 Å². The zero-order chi connectivity index (χ0) is 40.6. The molecule has 0 unspecified atom stereocenters. The lowest BCUT2D eigenvalue weighted by atomic mass is 9.89. The molecule has 1 fully saturated rings. The SMILES string of the molecule is Cc1cc(OCCCc2c3n(c4c(-c5c(C)nn(C)c5C)c(Cl)ccc24)[C@H](C)CN(c2cn(C)c4ccc(-c5nnc(C6CCCCC6)o5)cc24)C3=O)cc(C)c1Cl. The van der Waals surface area contributed by atoms with Crippen molar-refractivity contribution in [3.05, 3.63) is 98.4 Å². The molecule has 0 radical (unpaired) electrons. The Morgan fingerprint density at radius 1 is 0.914 bits per heavy atom. The minimum Gasteiger partial charge on any atom is -0.494 e. The van der Waals surface area contributed by atoms with E-state index in [4.69, 9.17) is 37.5 Å². The van der Waals surface area contributed by atoms with Gasteiger partial charge < -0.3 is 23.2 Å². The molecule has 0 spiro atoms. The first kappa shape index (κ1) is 38.5. The van der Waals surface area contributed by atoms with Crippen molar-refractivity contribution in [2.24, 2.45) is 14.1 Å². The van der Waals surface area contributed by atoms with Crippen LogP contribution < -0.4 is 9.64 Å². The van der Waals surface area contributed by atoms with E-state index in [9.17, 15) is 0 Å². The van der Waals surface area contributed by atoms with Crippen LogP contribution in [0.25, 0.3) is 44.4 Å². The predicted molar refractivity (Wildman–Crippen MR) is 232 cm³/mol. The Balaban J connectivity index is 1.13. The van der Waals surface area contributed by atoms with E-state index in [-0.39, 0.29) is 11.9 Å². The van der Waals surface area contributed by atoms with E-state index in [0.717, 1.165) is 102 Å². The Labute approximate surface area is 348 Å². The summed E-state index contributed by atoms with van der Waals surface area (Å²) < 4.78 is 18.8. The molecule has 4 aromatic heterocycles. The van der Waals surface area contributed by atoms with Crippen molar-refractivity contribution < 1.29 is 13.9 Å². The van der Waals surface area contributed by atoms with E-state index < -0.39 is 0 Å². The molecule has 5 heterocycles. The summed E-state index contributed by atoms with van der Waals surface area (Å²) in [6.07, 6.45) is 9.20. The molecule has 1 amide bonds. The molecule has 7 aromatic rings. The smallest absolute Gasteiger partial charge is 0.275 e. The van der Waals surface area contributed by atoms with Crippen molar-refractivity contribution in [2.75, 3.05) is 18.1 Å². The highest BCUT2D eigenvalue weighted by atomic mass is 35.5. The fourth-order valence-electron chi connectivity index (χ4n) is 9.52. The number of carbonyl (C=O) groups is 1. The fourth-order valence-corrected chi connectivity index (χ4v) is 9.88. The number of benzene rings is 3. The second kappa shape index (κ2) is 15.0. The van der Waals surface area contributed by atoms with Crippen molar-refractivity contribution >= 4 is 56.6 Å². The minimum absolute atomic E-state index is 0.0499. The van der Waals surface area contributed by atoms with Gasteiger partial charge in [-0.2, -0.15) is 5.10 Å². The van der Waals surface area contributed by atoms with Crippen LogP contribution in [0.15, 0.2) is 53.1 Å². The largest absolute Gasteiger partial charge is 0.494 e. The first-order valence-corrected chi connectivity index (χ1v) is 21.2. The number of halogens is 2. The number of aryl methyl sites for hydroxylation is 6. The average Bonchev–Trinajstić information content (AvgIpc) is 3.97. The van der Waals surface area contributed by atoms with Gasteiger partial charge in [-0.3, -0.25) is 9.48 Å². The number of amides is 1. The van der Waals surface area contributed by atoms with Crippen LogP contribution in [0.4, 0.5) is 5.69 Å². The maximum Gasteiger partial charge on any atom is 0.275 e. The van der Waals surface area contributed by atoms with Crippen LogP contribution >= 0.6 is 23.2 Å². The van der Waals surface area contributed by atoms with Gasteiger partial charge in [0.25, 0.3) is 5.91 Å². The number of carbonyl (C=O) groups excluding carboxylic acids is 1. The molecule has 58 heavy (non-hydrogen) atoms. The average molecular weight is 819 g/mol. The molecule has 0 saturated heterocycles. The quantitative estimate of drug-likeness (QED) is 0.135. The molecule has 1 aliphatic carbocycles. The number of aromatic nitrogens is 6. The van der Waals surface area contributed by atoms with Gasteiger partial charge >= 0.3 is 0 Å². The highest BCUT2D eigenvalue weighted by molar-refractivity contribution is 6.35. The molecule has 2 aliphatic rings. The minimum atomic E-state index is -0.0813. The maximum atomic E-state index is 15.3. The van der Waals surface area contributed by atoms with Gasteiger partial charge in [0.15, 0.2) is 0 Å². The van der Waals surface area contributed by atoms with E-state index in [1.54, 1.807) is 0 Å². The van der Waals surface area contributed by atoms with Gasteiger partial charge in [0.2, 0.25) is 11.8 Å². The number of ether oxygens (including phenoxy) is 1. The summed E-state index contributed by atoms with van der Waals surface area (Å²) in [6.45, 7) is 11.2. The Bertz CT molecular complexity index is 2730. The van der Waals surface area contributed by atoms with Crippen LogP contribution in [0.2, 0.25) is 10.0 Å². The van der Waals surface area contributed by atoms with Gasteiger partial charge in [-0.15, -0.1) is 10.2 Å². The van der Waals surface area contributed by atoms with Crippen molar-refractivity contribution in [1.82, 2.24) is 29.1 Å². The summed E-state index contributed by atoms with van der Waals surface area (Å²) in [6, 6.07) is 14.1. The summed E-state index contributed by atoms with van der Waals surface area (Å²) in [7, 11) is 3.98. The van der Waals surface area contributed by atoms with E-state index in [0.29, 0.717) is 48.5 Å². The fraction of sp³-hybridized carbons (Fsp3) is 0.391. The van der Waals surface area contributed by atoms with Crippen LogP contribution in [-0.4, -0.2) is 48.2 Å². The lowest BCUT2D eigenvalue weighted by molar-refractivity contribution is 0.0957. The van der Waals surface area contributed by atoms with Crippen LogP contribution in [0.3, 0.4) is 0 Å². The number of anilines is 1. The zero-order valence-electron chi connectivity index (χ0n) is 34.2. The van der Waals surface area contributed by atoms with Gasteiger partial charge in [-0.05, 0) is 113 Å². The third-order valence-electron chi connectivity index (χ3n) is 12.5. The number of rotatable bonds is 9. The van der Waals surface area contributed by atoms with Crippen molar-refractivity contribution in [3.63, 3.8) is 0 Å². The van der Waals surface area contributed by atoms with Gasteiger partial charge in [0.05, 0.1) is 28.5 Å². The third-order valence-corrected chi connectivity index (χ3v) is 13.4. The summed E-state index contributed by atoms with van der Waals surface area (Å²) >= 11 is 13.6. The first-order chi connectivity index (χ1) is 27.9. The zero-order valence-corrected chi connectivity index (χ0v) is 35.8. The van der Waals surface area contributed by atoms with Gasteiger partial charge in [-0.1, -0.05) is 48.5 Å². The molecule has 10 nitrogen and oxygen atoms in total. The molecule has 1 aliphatic heterocycles. The molecule has 3 aromatic carbocycles. The van der Waals surface area contributed by atoms with Crippen LogP contribution in [0.5, 0.6) is 5.75 Å². The monoisotopic (exact) mass is 817 g/mol. The van der Waals surface area contributed by atoms with Gasteiger partial charge in [0.1, 0.15) is 11.4 Å². The summed E-state index contributed by atoms with van der Waals surface area (Å²) in [4.78, 5) is 17.3. The van der Waals surface area contributed by atoms with E-state index in [2.05, 4.69) is 57.6 Å². The molecule has 300 valence electrons. The molecule has 1 atom stereocenters. The predicted octanol–water partition coefficient (Wildman–Crippen LogP) is 11.4. The molecule has 9 rings (SSSR count). The van der Waals surface area contributed by atoms with E-state index >= 15 is 4.79 Å². The number of nitrogens with zero attached hydrogens (tertiary/aromatic N) is 7. The second-order valence-electron chi connectivity index (χ2n) is 16.4. The molecule has 1 saturated carbocycles. The molecular weight excluding hydrogens is 769 g/mol. The summed E-state index contributed by atoms with van der Waals surface area (Å²) in [5.41, 5.74) is 11.1. The van der Waals surface area contributed by atoms with Gasteiger partial charge in [0, 0.05) is 82.5 Å². The normalized spacial score (nSPS) is 16.3. The Hall–Kier alpha value is -5.06. The molecule has 12 heteroatoms. The Kier molecular flexibility index (Phi) is 9.91. The number of fused-ring (bicyclic) bond motifs is 4. The number of hydrogen-bond acceptors (Lipinski definition) is 6. The summed E-state index contributed by atoms with van der Waals surface area (Å²) in [5.74, 6) is 2.29.